The maximum absolute atomic E-state index is 3.67. The average Bonchev–Trinajstić information content (AvgIpc) is 2.42. The molecule has 2 aromatic carbocycles. The summed E-state index contributed by atoms with van der Waals surface area (Å²) in [6.45, 7) is 12.5. The number of fused-ring (bicyclic) bond motifs is 1. The van der Waals surface area contributed by atoms with E-state index in [4.69, 9.17) is 0 Å². The highest BCUT2D eigenvalue weighted by Crippen LogP contribution is 2.24. The predicted octanol–water partition coefficient (Wildman–Crippen LogP) is 5.04. The van der Waals surface area contributed by atoms with Crippen LogP contribution in [0, 0.1) is 11.8 Å². The largest absolute Gasteiger partial charge is 0.312 e. The number of rotatable bonds is 5. The van der Waals surface area contributed by atoms with Crippen LogP contribution in [0.15, 0.2) is 42.5 Å². The lowest BCUT2D eigenvalue weighted by molar-refractivity contribution is 0.313. The fourth-order valence-electron chi connectivity index (χ4n) is 2.73. The van der Waals surface area contributed by atoms with Crippen molar-refractivity contribution in [3.63, 3.8) is 0 Å². The van der Waals surface area contributed by atoms with Gasteiger partial charge in [0.05, 0.1) is 0 Å². The summed E-state index contributed by atoms with van der Waals surface area (Å²) in [6.07, 6.45) is 1.14. The van der Waals surface area contributed by atoms with Gasteiger partial charge >= 0.3 is 0 Å². The molecule has 0 saturated heterocycles. The molecule has 0 spiro atoms. The molecule has 0 aliphatic heterocycles. The first kappa shape index (κ1) is 16.0. The molecule has 114 valence electrons. The zero-order valence-corrected chi connectivity index (χ0v) is 14.1. The topological polar surface area (TPSA) is 12.0 Å². The number of hydrogen-bond acceptors (Lipinski definition) is 1. The van der Waals surface area contributed by atoms with E-state index in [9.17, 15) is 0 Å². The smallest absolute Gasteiger partial charge is 0.00966 e. The predicted molar refractivity (Wildman–Crippen MR) is 93.7 cm³/mol. The Morgan fingerprint density at radius 2 is 1.62 bits per heavy atom. The van der Waals surface area contributed by atoms with E-state index in [1.807, 2.05) is 0 Å². The van der Waals surface area contributed by atoms with Crippen molar-refractivity contribution in [2.75, 3.05) is 6.54 Å². The van der Waals surface area contributed by atoms with Gasteiger partial charge in [0.2, 0.25) is 0 Å². The lowest BCUT2D eigenvalue weighted by Crippen LogP contribution is -2.40. The Labute approximate surface area is 129 Å². The number of benzene rings is 2. The first-order valence-corrected chi connectivity index (χ1v) is 8.08. The van der Waals surface area contributed by atoms with Crippen molar-refractivity contribution in [1.82, 2.24) is 5.32 Å². The van der Waals surface area contributed by atoms with Gasteiger partial charge in [0.15, 0.2) is 0 Å². The lowest BCUT2D eigenvalue weighted by atomic mass is 9.87. The van der Waals surface area contributed by atoms with Crippen LogP contribution in [0.3, 0.4) is 0 Å². The van der Waals surface area contributed by atoms with E-state index in [1.54, 1.807) is 0 Å². The maximum Gasteiger partial charge on any atom is 0.00966 e. The van der Waals surface area contributed by atoms with Crippen LogP contribution in [0.1, 0.15) is 40.2 Å². The molecule has 2 aromatic rings. The van der Waals surface area contributed by atoms with Crippen molar-refractivity contribution < 1.29 is 0 Å². The zero-order chi connectivity index (χ0) is 15.5. The van der Waals surface area contributed by atoms with E-state index >= 15 is 0 Å². The van der Waals surface area contributed by atoms with Gasteiger partial charge in [-0.1, -0.05) is 56.3 Å². The van der Waals surface area contributed by atoms with E-state index in [2.05, 4.69) is 82.4 Å². The molecule has 21 heavy (non-hydrogen) atoms. The van der Waals surface area contributed by atoms with Gasteiger partial charge in [0.1, 0.15) is 0 Å². The minimum absolute atomic E-state index is 0.186. The van der Waals surface area contributed by atoms with Gasteiger partial charge in [0.25, 0.3) is 0 Å². The first-order valence-electron chi connectivity index (χ1n) is 8.08. The minimum Gasteiger partial charge on any atom is -0.312 e. The van der Waals surface area contributed by atoms with Gasteiger partial charge in [-0.3, -0.25) is 0 Å². The molecule has 0 amide bonds. The summed E-state index contributed by atoms with van der Waals surface area (Å²) < 4.78 is 0. The van der Waals surface area contributed by atoms with Crippen LogP contribution in [0.2, 0.25) is 0 Å². The Bertz CT molecular complexity index is 572. The third-order valence-corrected chi connectivity index (χ3v) is 4.20. The zero-order valence-electron chi connectivity index (χ0n) is 14.1. The monoisotopic (exact) mass is 283 g/mol. The van der Waals surface area contributed by atoms with E-state index in [0.29, 0.717) is 11.8 Å². The summed E-state index contributed by atoms with van der Waals surface area (Å²) in [7, 11) is 0. The second-order valence-electron chi connectivity index (χ2n) is 7.48. The van der Waals surface area contributed by atoms with E-state index < -0.39 is 0 Å². The molecule has 0 radical (unpaired) electrons. The molecule has 1 atom stereocenters. The second-order valence-corrected chi connectivity index (χ2v) is 7.48. The molecule has 0 saturated carbocycles. The van der Waals surface area contributed by atoms with Crippen LogP contribution in [-0.2, 0) is 6.42 Å². The fraction of sp³-hybridized carbons (Fsp3) is 0.500. The highest BCUT2D eigenvalue weighted by Gasteiger charge is 2.18. The van der Waals surface area contributed by atoms with Crippen molar-refractivity contribution in [3.8, 4) is 0 Å². The number of nitrogens with one attached hydrogen (secondary N) is 1. The van der Waals surface area contributed by atoms with Crippen LogP contribution < -0.4 is 5.32 Å². The highest BCUT2D eigenvalue weighted by atomic mass is 14.9. The summed E-state index contributed by atoms with van der Waals surface area (Å²) in [5, 5.41) is 6.42. The minimum atomic E-state index is 0.186. The van der Waals surface area contributed by atoms with Crippen LogP contribution >= 0.6 is 0 Å². The second kappa shape index (κ2) is 6.62. The Hall–Kier alpha value is -1.34. The molecule has 1 unspecified atom stereocenters. The SMILES string of the molecule is CC(C)C(CNC(C)(C)C)Cc1cccc2ccccc12. The molecular weight excluding hydrogens is 254 g/mol. The van der Waals surface area contributed by atoms with Gasteiger partial charge in [-0.05, 0) is 61.9 Å². The molecule has 1 nitrogen and oxygen atoms in total. The Balaban J connectivity index is 2.19. The summed E-state index contributed by atoms with van der Waals surface area (Å²) in [5.41, 5.74) is 1.66. The third kappa shape index (κ3) is 4.57. The van der Waals surface area contributed by atoms with Gasteiger partial charge in [-0.2, -0.15) is 0 Å². The van der Waals surface area contributed by atoms with Crippen LogP contribution in [-0.4, -0.2) is 12.1 Å². The maximum atomic E-state index is 3.67. The summed E-state index contributed by atoms with van der Waals surface area (Å²) in [4.78, 5) is 0. The van der Waals surface area contributed by atoms with Crippen molar-refractivity contribution in [2.24, 2.45) is 11.8 Å². The van der Waals surface area contributed by atoms with Crippen molar-refractivity contribution in [2.45, 2.75) is 46.6 Å². The van der Waals surface area contributed by atoms with Gasteiger partial charge in [-0.25, -0.2) is 0 Å². The molecule has 0 bridgehead atoms. The summed E-state index contributed by atoms with van der Waals surface area (Å²) >= 11 is 0. The standard InChI is InChI=1S/C20H29N/c1-15(2)18(14-21-20(3,4)5)13-17-11-8-10-16-9-6-7-12-19(16)17/h6-12,15,18,21H,13-14H2,1-5H3. The molecule has 0 aliphatic rings. The van der Waals surface area contributed by atoms with Crippen LogP contribution in [0.25, 0.3) is 10.8 Å². The Morgan fingerprint density at radius 1 is 0.952 bits per heavy atom. The van der Waals surface area contributed by atoms with Crippen molar-refractivity contribution in [3.05, 3.63) is 48.0 Å². The van der Waals surface area contributed by atoms with Crippen LogP contribution in [0.4, 0.5) is 0 Å². The molecule has 1 N–H and O–H groups in total. The third-order valence-electron chi connectivity index (χ3n) is 4.20. The van der Waals surface area contributed by atoms with E-state index in [-0.39, 0.29) is 5.54 Å². The molecule has 2 rings (SSSR count). The first-order chi connectivity index (χ1) is 9.87. The van der Waals surface area contributed by atoms with Gasteiger partial charge in [-0.15, -0.1) is 0 Å². The van der Waals surface area contributed by atoms with Crippen molar-refractivity contribution >= 4 is 10.8 Å². The van der Waals surface area contributed by atoms with Gasteiger partial charge in [0, 0.05) is 5.54 Å². The molecule has 0 aromatic heterocycles. The summed E-state index contributed by atoms with van der Waals surface area (Å²) in [5.74, 6) is 1.34. The Kier molecular flexibility index (Phi) is 5.05. The van der Waals surface area contributed by atoms with Crippen LogP contribution in [0.5, 0.6) is 0 Å². The van der Waals surface area contributed by atoms with E-state index in [1.165, 1.54) is 16.3 Å². The molecule has 1 heteroatoms. The summed E-state index contributed by atoms with van der Waals surface area (Å²) in [6, 6.07) is 15.4. The average molecular weight is 283 g/mol. The molecule has 0 fully saturated rings. The molecule has 0 heterocycles. The molecular formula is C20H29N. The molecule has 0 aliphatic carbocycles. The fourth-order valence-corrected chi connectivity index (χ4v) is 2.73. The normalized spacial score (nSPS) is 13.8. The quantitative estimate of drug-likeness (QED) is 0.810. The Morgan fingerprint density at radius 3 is 2.29 bits per heavy atom. The highest BCUT2D eigenvalue weighted by molar-refractivity contribution is 5.85. The lowest BCUT2D eigenvalue weighted by Gasteiger charge is -2.28. The van der Waals surface area contributed by atoms with Crippen molar-refractivity contribution in [1.29, 1.82) is 0 Å². The van der Waals surface area contributed by atoms with E-state index in [0.717, 1.165) is 13.0 Å². The van der Waals surface area contributed by atoms with Gasteiger partial charge < -0.3 is 5.32 Å². The number of hydrogen-bond donors (Lipinski definition) is 1.